The Hall–Kier alpha value is -2.25. The topological polar surface area (TPSA) is 58.6 Å². The summed E-state index contributed by atoms with van der Waals surface area (Å²) in [5.41, 5.74) is 1.25. The first-order valence-corrected chi connectivity index (χ1v) is 11.5. The van der Waals surface area contributed by atoms with Crippen molar-refractivity contribution in [1.82, 2.24) is 10.2 Å². The number of halogens is 2. The average molecular weight is 467 g/mol. The van der Waals surface area contributed by atoms with Crippen molar-refractivity contribution in [3.05, 3.63) is 64.4 Å². The second-order valence-electron chi connectivity index (χ2n) is 7.40. The normalized spacial score (nSPS) is 11.8. The van der Waals surface area contributed by atoms with Gasteiger partial charge in [-0.3, -0.25) is 9.59 Å². The minimum Gasteiger partial charge on any atom is -0.497 e. The Labute approximate surface area is 192 Å². The van der Waals surface area contributed by atoms with Crippen molar-refractivity contribution in [3.63, 3.8) is 0 Å². The Morgan fingerprint density at radius 3 is 2.42 bits per heavy atom. The molecule has 0 saturated heterocycles. The molecule has 1 N–H and O–H groups in total. The average Bonchev–Trinajstić information content (AvgIpc) is 2.73. The number of rotatable bonds is 10. The highest BCUT2D eigenvalue weighted by Gasteiger charge is 2.26. The smallest absolute Gasteiger partial charge is 0.242 e. The van der Waals surface area contributed by atoms with E-state index in [9.17, 15) is 14.0 Å². The minimum absolute atomic E-state index is 0.0366. The largest absolute Gasteiger partial charge is 0.497 e. The SMILES string of the molecule is COc1ccc(CN(C(=O)CSCc2c(F)cccc2Cl)C(C)C(=O)NC(C)C)cc1. The maximum absolute atomic E-state index is 14.0. The Morgan fingerprint density at radius 1 is 1.16 bits per heavy atom. The summed E-state index contributed by atoms with van der Waals surface area (Å²) in [7, 11) is 1.59. The Morgan fingerprint density at radius 2 is 1.84 bits per heavy atom. The molecule has 31 heavy (non-hydrogen) atoms. The lowest BCUT2D eigenvalue weighted by molar-refractivity contribution is -0.138. The van der Waals surface area contributed by atoms with Gasteiger partial charge in [0.25, 0.3) is 0 Å². The number of nitrogens with zero attached hydrogens (tertiary/aromatic N) is 1. The molecule has 0 fully saturated rings. The van der Waals surface area contributed by atoms with Crippen LogP contribution in [-0.2, 0) is 21.9 Å². The van der Waals surface area contributed by atoms with Crippen LogP contribution in [0.15, 0.2) is 42.5 Å². The van der Waals surface area contributed by atoms with Crippen molar-refractivity contribution >= 4 is 35.2 Å². The molecular weight excluding hydrogens is 439 g/mol. The molecule has 2 aromatic rings. The van der Waals surface area contributed by atoms with Gasteiger partial charge in [0, 0.05) is 28.9 Å². The van der Waals surface area contributed by atoms with Crippen LogP contribution in [0.1, 0.15) is 31.9 Å². The monoisotopic (exact) mass is 466 g/mol. The van der Waals surface area contributed by atoms with Crippen LogP contribution < -0.4 is 10.1 Å². The molecule has 0 aliphatic rings. The number of hydrogen-bond acceptors (Lipinski definition) is 4. The lowest BCUT2D eigenvalue weighted by Crippen LogP contribution is -2.49. The van der Waals surface area contributed by atoms with Gasteiger partial charge in [0.1, 0.15) is 17.6 Å². The number of hydrogen-bond donors (Lipinski definition) is 1. The van der Waals surface area contributed by atoms with Crippen LogP contribution in [0.25, 0.3) is 0 Å². The molecule has 0 aromatic heterocycles. The van der Waals surface area contributed by atoms with Crippen LogP contribution in [0, 0.1) is 5.82 Å². The standard InChI is InChI=1S/C23H28ClFN2O3S/c1-15(2)26-23(29)16(3)27(12-17-8-10-18(30-4)11-9-17)22(28)14-31-13-19-20(24)6-5-7-21(19)25/h5-11,15-16H,12-14H2,1-4H3,(H,26,29). The van der Waals surface area contributed by atoms with Gasteiger partial charge in [-0.05, 0) is 50.6 Å². The van der Waals surface area contributed by atoms with Crippen LogP contribution in [-0.4, -0.2) is 41.7 Å². The summed E-state index contributed by atoms with van der Waals surface area (Å²) in [6, 6.07) is 11.2. The molecule has 0 aliphatic carbocycles. The highest BCUT2D eigenvalue weighted by molar-refractivity contribution is 7.99. The van der Waals surface area contributed by atoms with E-state index in [2.05, 4.69) is 5.32 Å². The second kappa shape index (κ2) is 12.0. The maximum atomic E-state index is 14.0. The first-order valence-electron chi connectivity index (χ1n) is 9.96. The van der Waals surface area contributed by atoms with Gasteiger partial charge >= 0.3 is 0 Å². The fraction of sp³-hybridized carbons (Fsp3) is 0.391. The zero-order valence-corrected chi connectivity index (χ0v) is 19.7. The number of carbonyl (C=O) groups excluding carboxylic acids is 2. The molecule has 0 aliphatic heterocycles. The summed E-state index contributed by atoms with van der Waals surface area (Å²) in [6.07, 6.45) is 0. The first-order chi connectivity index (χ1) is 14.7. The zero-order valence-electron chi connectivity index (χ0n) is 18.2. The van der Waals surface area contributed by atoms with Crippen LogP contribution in [0.4, 0.5) is 4.39 Å². The quantitative estimate of drug-likeness (QED) is 0.553. The van der Waals surface area contributed by atoms with E-state index in [4.69, 9.17) is 16.3 Å². The third-order valence-corrected chi connectivity index (χ3v) is 5.94. The van der Waals surface area contributed by atoms with E-state index in [1.165, 1.54) is 22.7 Å². The van der Waals surface area contributed by atoms with Crippen molar-refractivity contribution in [2.45, 2.75) is 45.2 Å². The number of nitrogens with one attached hydrogen (secondary N) is 1. The zero-order chi connectivity index (χ0) is 23.0. The summed E-state index contributed by atoms with van der Waals surface area (Å²) < 4.78 is 19.2. The molecule has 1 unspecified atom stereocenters. The van der Waals surface area contributed by atoms with Gasteiger partial charge in [-0.15, -0.1) is 11.8 Å². The van der Waals surface area contributed by atoms with Crippen molar-refractivity contribution in [2.75, 3.05) is 12.9 Å². The number of amides is 2. The van der Waals surface area contributed by atoms with Crippen LogP contribution in [0.2, 0.25) is 5.02 Å². The van der Waals surface area contributed by atoms with E-state index >= 15 is 0 Å². The van der Waals surface area contributed by atoms with Gasteiger partial charge < -0.3 is 15.0 Å². The molecule has 5 nitrogen and oxygen atoms in total. The van der Waals surface area contributed by atoms with Crippen LogP contribution in [0.3, 0.4) is 0 Å². The van der Waals surface area contributed by atoms with Crippen LogP contribution >= 0.6 is 23.4 Å². The molecule has 0 radical (unpaired) electrons. The molecule has 168 valence electrons. The van der Waals surface area contributed by atoms with Gasteiger partial charge in [0.2, 0.25) is 11.8 Å². The molecule has 0 saturated carbocycles. The summed E-state index contributed by atoms with van der Waals surface area (Å²) >= 11 is 7.33. The molecule has 0 spiro atoms. The van der Waals surface area contributed by atoms with E-state index in [0.29, 0.717) is 16.3 Å². The number of benzene rings is 2. The molecule has 2 amide bonds. The third-order valence-electron chi connectivity index (χ3n) is 4.64. The number of ether oxygens (including phenoxy) is 1. The van der Waals surface area contributed by atoms with Gasteiger partial charge in [0.05, 0.1) is 12.9 Å². The van der Waals surface area contributed by atoms with Gasteiger partial charge in [0.15, 0.2) is 0 Å². The van der Waals surface area contributed by atoms with Crippen molar-refractivity contribution in [1.29, 1.82) is 0 Å². The number of thioether (sulfide) groups is 1. The minimum atomic E-state index is -0.658. The highest BCUT2D eigenvalue weighted by Crippen LogP contribution is 2.24. The Kier molecular flexibility index (Phi) is 9.65. The van der Waals surface area contributed by atoms with Gasteiger partial charge in [-0.1, -0.05) is 29.8 Å². The van der Waals surface area contributed by atoms with E-state index < -0.39 is 11.9 Å². The molecule has 0 heterocycles. The Balaban J connectivity index is 2.11. The second-order valence-corrected chi connectivity index (χ2v) is 8.79. The molecule has 1 atom stereocenters. The van der Waals surface area contributed by atoms with Gasteiger partial charge in [-0.25, -0.2) is 4.39 Å². The Bertz CT molecular complexity index is 873. The molecular formula is C23H28ClFN2O3S. The van der Waals surface area contributed by atoms with Crippen molar-refractivity contribution < 1.29 is 18.7 Å². The summed E-state index contributed by atoms with van der Waals surface area (Å²) in [5.74, 6) is 0.246. The predicted molar refractivity (Wildman–Crippen MR) is 124 cm³/mol. The van der Waals surface area contributed by atoms with Crippen LogP contribution in [0.5, 0.6) is 5.75 Å². The number of carbonyl (C=O) groups is 2. The van der Waals surface area contributed by atoms with Crippen molar-refractivity contribution in [2.24, 2.45) is 0 Å². The lowest BCUT2D eigenvalue weighted by atomic mass is 10.1. The fourth-order valence-electron chi connectivity index (χ4n) is 2.91. The van der Waals surface area contributed by atoms with E-state index in [1.807, 2.05) is 38.1 Å². The molecule has 8 heteroatoms. The highest BCUT2D eigenvalue weighted by atomic mass is 35.5. The summed E-state index contributed by atoms with van der Waals surface area (Å²) in [6.45, 7) is 5.72. The van der Waals surface area contributed by atoms with Gasteiger partial charge in [-0.2, -0.15) is 0 Å². The summed E-state index contributed by atoms with van der Waals surface area (Å²) in [4.78, 5) is 27.1. The predicted octanol–water partition coefficient (Wildman–Crippen LogP) is 4.66. The summed E-state index contributed by atoms with van der Waals surface area (Å²) in [5, 5.41) is 3.19. The van der Waals surface area contributed by atoms with E-state index in [-0.39, 0.29) is 35.9 Å². The number of methoxy groups -OCH3 is 1. The molecule has 0 bridgehead atoms. The molecule has 2 rings (SSSR count). The van der Waals surface area contributed by atoms with E-state index in [0.717, 1.165) is 5.56 Å². The third kappa shape index (κ3) is 7.43. The van der Waals surface area contributed by atoms with E-state index in [1.54, 1.807) is 26.2 Å². The first kappa shape index (κ1) is 25.0. The fourth-order valence-corrected chi connectivity index (χ4v) is 4.16. The lowest BCUT2D eigenvalue weighted by Gasteiger charge is -2.29. The van der Waals surface area contributed by atoms with Crippen molar-refractivity contribution in [3.8, 4) is 5.75 Å². The molecule has 2 aromatic carbocycles. The maximum Gasteiger partial charge on any atom is 0.242 e.